The molecule has 1 heterocycles. The van der Waals surface area contributed by atoms with Gasteiger partial charge in [-0.15, -0.1) is 0 Å². The molecule has 0 aliphatic heterocycles. The number of nitrogens with zero attached hydrogens (tertiary/aromatic N) is 1. The number of halogens is 3. The first-order chi connectivity index (χ1) is 12.6. The molecule has 0 aliphatic carbocycles. The van der Waals surface area contributed by atoms with Crippen LogP contribution in [0, 0.1) is 0 Å². The molecule has 144 valence electrons. The number of hydrogen-bond donors (Lipinski definition) is 3. The summed E-state index contributed by atoms with van der Waals surface area (Å²) < 4.78 is 31.7. The van der Waals surface area contributed by atoms with Gasteiger partial charge in [0, 0.05) is 12.6 Å². The van der Waals surface area contributed by atoms with Crippen molar-refractivity contribution in [1.82, 2.24) is 4.98 Å². The summed E-state index contributed by atoms with van der Waals surface area (Å²) >= 11 is 0. The third kappa shape index (κ3) is 7.99. The van der Waals surface area contributed by atoms with Gasteiger partial charge in [0.15, 0.2) is 5.69 Å². The van der Waals surface area contributed by atoms with Crippen LogP contribution < -0.4 is 5.32 Å². The Balaban J connectivity index is 0.000000445. The fraction of sp³-hybridized carbons (Fsp3) is 0.176. The molecule has 0 unspecified atom stereocenters. The topological polar surface area (TPSA) is 117 Å². The summed E-state index contributed by atoms with van der Waals surface area (Å²) in [7, 11) is 0. The minimum Gasteiger partial charge on any atom is -0.476 e. The predicted octanol–water partition coefficient (Wildman–Crippen LogP) is 2.98. The number of aromatic carboxylic acids is 1. The van der Waals surface area contributed by atoms with E-state index in [0.29, 0.717) is 6.42 Å². The monoisotopic (exact) mass is 384 g/mol. The smallest absolute Gasteiger partial charge is 0.476 e. The van der Waals surface area contributed by atoms with E-state index in [1.54, 1.807) is 6.07 Å². The van der Waals surface area contributed by atoms with E-state index in [2.05, 4.69) is 10.3 Å². The van der Waals surface area contributed by atoms with Crippen molar-refractivity contribution in [3.05, 3.63) is 59.9 Å². The minimum absolute atomic E-state index is 0.152. The van der Waals surface area contributed by atoms with E-state index in [9.17, 15) is 22.8 Å². The Morgan fingerprint density at radius 3 is 2.11 bits per heavy atom. The number of anilines is 1. The molecule has 1 aromatic heterocycles. The number of aryl methyl sites for hydroxylation is 1. The van der Waals surface area contributed by atoms with E-state index >= 15 is 0 Å². The Morgan fingerprint density at radius 2 is 1.59 bits per heavy atom. The van der Waals surface area contributed by atoms with E-state index < -0.39 is 18.1 Å². The molecule has 1 amide bonds. The standard InChI is InChI=1S/C15H14N2O3.C2HF3O2/c18-13(9-8-11-5-2-1-3-6-11)17-12-7-4-10-16-14(12)15(19)20;3-2(4,5)1(6)7/h1-7,10H,8-9H2,(H,17,18)(H,19,20);(H,6,7). The first-order valence-electron chi connectivity index (χ1n) is 7.43. The Bertz CT molecular complexity index is 795. The molecule has 0 saturated heterocycles. The van der Waals surface area contributed by atoms with Crippen LogP contribution in [-0.2, 0) is 16.0 Å². The summed E-state index contributed by atoms with van der Waals surface area (Å²) in [6, 6.07) is 12.7. The molecule has 3 N–H and O–H groups in total. The number of aromatic nitrogens is 1. The van der Waals surface area contributed by atoms with Gasteiger partial charge in [0.2, 0.25) is 5.91 Å². The number of nitrogens with one attached hydrogen (secondary N) is 1. The summed E-state index contributed by atoms with van der Waals surface area (Å²) in [6.45, 7) is 0. The first kappa shape index (κ1) is 21.6. The molecule has 0 atom stereocenters. The van der Waals surface area contributed by atoms with Crippen molar-refractivity contribution in [3.8, 4) is 0 Å². The molecule has 0 saturated carbocycles. The minimum atomic E-state index is -5.08. The number of carboxylic acid groups (broad SMARTS) is 2. The van der Waals surface area contributed by atoms with Crippen LogP contribution in [-0.4, -0.2) is 39.2 Å². The van der Waals surface area contributed by atoms with Crippen molar-refractivity contribution >= 4 is 23.5 Å². The van der Waals surface area contributed by atoms with Gasteiger partial charge in [-0.1, -0.05) is 30.3 Å². The maximum Gasteiger partial charge on any atom is 0.490 e. The number of carbonyl (C=O) groups is 3. The lowest BCUT2D eigenvalue weighted by Gasteiger charge is -2.07. The van der Waals surface area contributed by atoms with Gasteiger partial charge in [0.25, 0.3) is 0 Å². The Kier molecular flexibility index (Phi) is 7.92. The van der Waals surface area contributed by atoms with Crippen molar-refractivity contribution in [1.29, 1.82) is 0 Å². The van der Waals surface area contributed by atoms with E-state index in [4.69, 9.17) is 15.0 Å². The second-order valence-corrected chi connectivity index (χ2v) is 5.04. The average Bonchev–Trinajstić information content (AvgIpc) is 2.61. The molecule has 0 radical (unpaired) electrons. The highest BCUT2D eigenvalue weighted by Crippen LogP contribution is 2.13. The van der Waals surface area contributed by atoms with E-state index in [1.165, 1.54) is 12.3 Å². The summed E-state index contributed by atoms with van der Waals surface area (Å²) in [5, 5.41) is 18.7. The number of alkyl halides is 3. The lowest BCUT2D eigenvalue weighted by atomic mass is 10.1. The quantitative estimate of drug-likeness (QED) is 0.730. The van der Waals surface area contributed by atoms with Crippen LogP contribution >= 0.6 is 0 Å². The molecule has 0 aliphatic rings. The van der Waals surface area contributed by atoms with Crippen LogP contribution in [0.2, 0.25) is 0 Å². The Morgan fingerprint density at radius 1 is 1.00 bits per heavy atom. The summed E-state index contributed by atoms with van der Waals surface area (Å²) in [6.07, 6.45) is -2.81. The molecular weight excluding hydrogens is 369 g/mol. The molecule has 0 spiro atoms. The lowest BCUT2D eigenvalue weighted by Crippen LogP contribution is -2.21. The average molecular weight is 384 g/mol. The Labute approximate surface area is 151 Å². The maximum atomic E-state index is 11.8. The molecule has 0 bridgehead atoms. The highest BCUT2D eigenvalue weighted by atomic mass is 19.4. The van der Waals surface area contributed by atoms with Gasteiger partial charge in [-0.2, -0.15) is 13.2 Å². The summed E-state index contributed by atoms with van der Waals surface area (Å²) in [4.78, 5) is 35.4. The predicted molar refractivity (Wildman–Crippen MR) is 88.3 cm³/mol. The van der Waals surface area contributed by atoms with E-state index in [-0.39, 0.29) is 23.7 Å². The SMILES string of the molecule is O=C(CCc1ccccc1)Nc1cccnc1C(=O)O.O=C(O)C(F)(F)F. The lowest BCUT2D eigenvalue weighted by molar-refractivity contribution is -0.192. The summed E-state index contributed by atoms with van der Waals surface area (Å²) in [5.74, 6) is -4.15. The Hall–Kier alpha value is -3.43. The fourth-order valence-electron chi connectivity index (χ4n) is 1.79. The van der Waals surface area contributed by atoms with Crippen molar-refractivity contribution in [2.75, 3.05) is 5.32 Å². The van der Waals surface area contributed by atoms with E-state index in [1.807, 2.05) is 30.3 Å². The van der Waals surface area contributed by atoms with Gasteiger partial charge in [-0.3, -0.25) is 4.79 Å². The molecular formula is C17H15F3N2O5. The maximum absolute atomic E-state index is 11.8. The van der Waals surface area contributed by atoms with Crippen LogP contribution in [0.1, 0.15) is 22.5 Å². The van der Waals surface area contributed by atoms with Crippen LogP contribution in [0.5, 0.6) is 0 Å². The third-order valence-electron chi connectivity index (χ3n) is 3.01. The number of aliphatic carboxylic acids is 1. The molecule has 27 heavy (non-hydrogen) atoms. The van der Waals surface area contributed by atoms with Crippen LogP contribution in [0.15, 0.2) is 48.7 Å². The number of pyridine rings is 1. The molecule has 7 nitrogen and oxygen atoms in total. The number of amides is 1. The zero-order valence-corrected chi connectivity index (χ0v) is 13.7. The number of benzene rings is 1. The van der Waals surface area contributed by atoms with Gasteiger partial charge in [-0.05, 0) is 24.1 Å². The van der Waals surface area contributed by atoms with Crippen LogP contribution in [0.25, 0.3) is 0 Å². The number of carboxylic acids is 2. The largest absolute Gasteiger partial charge is 0.490 e. The van der Waals surface area contributed by atoms with Crippen molar-refractivity contribution in [2.45, 2.75) is 19.0 Å². The van der Waals surface area contributed by atoms with Gasteiger partial charge < -0.3 is 15.5 Å². The van der Waals surface area contributed by atoms with Gasteiger partial charge in [0.05, 0.1) is 5.69 Å². The summed E-state index contributed by atoms with van der Waals surface area (Å²) in [5.41, 5.74) is 1.13. The van der Waals surface area contributed by atoms with Crippen LogP contribution in [0.4, 0.5) is 18.9 Å². The number of hydrogen-bond acceptors (Lipinski definition) is 4. The zero-order chi connectivity index (χ0) is 20.4. The number of carbonyl (C=O) groups excluding carboxylic acids is 1. The third-order valence-corrected chi connectivity index (χ3v) is 3.01. The molecule has 0 fully saturated rings. The number of rotatable bonds is 5. The first-order valence-corrected chi connectivity index (χ1v) is 7.43. The molecule has 2 aromatic rings. The normalized spacial score (nSPS) is 10.3. The highest BCUT2D eigenvalue weighted by Gasteiger charge is 2.38. The second-order valence-electron chi connectivity index (χ2n) is 5.04. The van der Waals surface area contributed by atoms with Crippen molar-refractivity contribution in [3.63, 3.8) is 0 Å². The van der Waals surface area contributed by atoms with Gasteiger partial charge in [0.1, 0.15) is 0 Å². The zero-order valence-electron chi connectivity index (χ0n) is 13.7. The van der Waals surface area contributed by atoms with Crippen molar-refractivity contribution < 1.29 is 37.8 Å². The van der Waals surface area contributed by atoms with E-state index in [0.717, 1.165) is 5.56 Å². The fourth-order valence-corrected chi connectivity index (χ4v) is 1.79. The van der Waals surface area contributed by atoms with Crippen LogP contribution in [0.3, 0.4) is 0 Å². The molecule has 1 aromatic carbocycles. The van der Waals surface area contributed by atoms with Crippen molar-refractivity contribution in [2.24, 2.45) is 0 Å². The second kappa shape index (κ2) is 9.90. The van der Waals surface area contributed by atoms with Gasteiger partial charge in [-0.25, -0.2) is 14.6 Å². The van der Waals surface area contributed by atoms with Gasteiger partial charge >= 0.3 is 18.1 Å². The highest BCUT2D eigenvalue weighted by molar-refractivity contribution is 5.99. The molecule has 10 heteroatoms. The molecule has 2 rings (SSSR count).